The first-order valence-corrected chi connectivity index (χ1v) is 7.86. The number of amides is 1. The Kier molecular flexibility index (Phi) is 3.16. The molecule has 122 valence electrons. The zero-order chi connectivity index (χ0) is 17.1. The van der Waals surface area contributed by atoms with E-state index < -0.39 is 11.9 Å². The Hall–Kier alpha value is -2.44. The fourth-order valence-corrected chi connectivity index (χ4v) is 3.37. The van der Waals surface area contributed by atoms with Crippen molar-refractivity contribution in [1.29, 1.82) is 0 Å². The number of esters is 1. The molecule has 2 aliphatic rings. The smallest absolute Gasteiger partial charge is 0.351 e. The Morgan fingerprint density at radius 3 is 2.83 bits per heavy atom. The summed E-state index contributed by atoms with van der Waals surface area (Å²) in [4.78, 5) is 31.3. The third kappa shape index (κ3) is 1.78. The van der Waals surface area contributed by atoms with E-state index in [4.69, 9.17) is 21.1 Å². The molecule has 4 rings (SSSR count). The highest BCUT2D eigenvalue weighted by Gasteiger charge is 2.60. The maximum Gasteiger partial charge on any atom is 0.351 e. The van der Waals surface area contributed by atoms with Crippen LogP contribution in [-0.4, -0.2) is 23.5 Å². The van der Waals surface area contributed by atoms with Gasteiger partial charge in [-0.2, -0.15) is 0 Å². The minimum atomic E-state index is -1.69. The molecule has 0 aliphatic carbocycles. The van der Waals surface area contributed by atoms with Crippen LogP contribution in [0.1, 0.15) is 39.0 Å². The largest absolute Gasteiger partial charge is 0.404 e. The summed E-state index contributed by atoms with van der Waals surface area (Å²) in [5, 5.41) is 0.218. The van der Waals surface area contributed by atoms with Crippen LogP contribution in [0, 0.1) is 6.92 Å². The molecule has 0 bridgehead atoms. The summed E-state index contributed by atoms with van der Waals surface area (Å²) < 4.78 is 11.4. The lowest BCUT2D eigenvalue weighted by Gasteiger charge is -2.40. The first-order chi connectivity index (χ1) is 11.5. The molecule has 24 heavy (non-hydrogen) atoms. The molecule has 0 saturated heterocycles. The van der Waals surface area contributed by atoms with Gasteiger partial charge >= 0.3 is 11.9 Å². The monoisotopic (exact) mass is 344 g/mol. The van der Waals surface area contributed by atoms with E-state index in [0.717, 1.165) is 0 Å². The van der Waals surface area contributed by atoms with E-state index in [1.165, 1.54) is 4.90 Å². The van der Waals surface area contributed by atoms with Gasteiger partial charge in [-0.25, -0.2) is 14.7 Å². The number of fused-ring (bicyclic) bond motifs is 5. The van der Waals surface area contributed by atoms with Gasteiger partial charge in [0.1, 0.15) is 11.3 Å². The molecule has 1 aromatic heterocycles. The van der Waals surface area contributed by atoms with Crippen LogP contribution in [0.2, 0.25) is 5.02 Å². The van der Waals surface area contributed by atoms with E-state index in [1.807, 2.05) is 0 Å². The van der Waals surface area contributed by atoms with Gasteiger partial charge in [-0.15, -0.1) is 0 Å². The molecule has 6 nitrogen and oxygen atoms in total. The number of halogens is 1. The molecule has 1 atom stereocenters. The van der Waals surface area contributed by atoms with Crippen molar-refractivity contribution in [3.05, 3.63) is 57.9 Å². The first kappa shape index (κ1) is 15.1. The fraction of sp³-hybridized carbons (Fsp3) is 0.235. The van der Waals surface area contributed by atoms with Crippen molar-refractivity contribution in [2.24, 2.45) is 0 Å². The van der Waals surface area contributed by atoms with E-state index in [0.29, 0.717) is 16.9 Å². The van der Waals surface area contributed by atoms with Gasteiger partial charge in [0, 0.05) is 5.69 Å². The van der Waals surface area contributed by atoms with Crippen molar-refractivity contribution in [2.75, 3.05) is 11.5 Å². The average Bonchev–Trinajstić information content (AvgIpc) is 2.76. The second-order valence-corrected chi connectivity index (χ2v) is 5.93. The van der Waals surface area contributed by atoms with Crippen molar-refractivity contribution in [2.45, 2.75) is 19.8 Å². The Morgan fingerprint density at radius 2 is 2.08 bits per heavy atom. The summed E-state index contributed by atoms with van der Waals surface area (Å²) in [6.45, 7) is 3.77. The molecule has 1 aromatic carbocycles. The van der Waals surface area contributed by atoms with Gasteiger partial charge in [0.05, 0.1) is 22.9 Å². The molecule has 3 heterocycles. The van der Waals surface area contributed by atoms with E-state index in [9.17, 15) is 9.59 Å². The van der Waals surface area contributed by atoms with Gasteiger partial charge in [-0.3, -0.25) is 4.79 Å². The van der Waals surface area contributed by atoms with E-state index in [-0.39, 0.29) is 28.8 Å². The predicted octanol–water partition coefficient (Wildman–Crippen LogP) is 3.02. The predicted molar refractivity (Wildman–Crippen MR) is 86.0 cm³/mol. The number of carbonyl (C=O) groups excluding carboxylic acids is 2. The number of carbonyl (C=O) groups is 2. The van der Waals surface area contributed by atoms with Gasteiger partial charge in [-0.05, 0) is 38.1 Å². The molecule has 1 amide bonds. The molecule has 0 saturated carbocycles. The quantitative estimate of drug-likeness (QED) is 0.783. The summed E-state index contributed by atoms with van der Waals surface area (Å²) in [6.07, 6.45) is 0. The Bertz CT molecular complexity index is 898. The minimum absolute atomic E-state index is 0.146. The highest BCUT2D eigenvalue weighted by molar-refractivity contribution is 6.35. The normalized spacial score (nSPS) is 21.2. The zero-order valence-corrected chi connectivity index (χ0v) is 13.8. The first-order valence-electron chi connectivity index (χ1n) is 7.48. The number of aryl methyl sites for hydroxylation is 1. The molecule has 2 aromatic rings. The van der Waals surface area contributed by atoms with E-state index in [1.54, 1.807) is 44.2 Å². The molecule has 0 radical (unpaired) electrons. The summed E-state index contributed by atoms with van der Waals surface area (Å²) in [6, 6.07) is 8.29. The summed E-state index contributed by atoms with van der Waals surface area (Å²) in [5.74, 6) is -2.69. The maximum atomic E-state index is 13.0. The second-order valence-electron chi connectivity index (χ2n) is 5.53. The maximum absolute atomic E-state index is 13.0. The SMILES string of the molecule is CCOC12OC(=O)c3c(Cl)cccc3N1C(=O)c1ccc(C)nc12. The van der Waals surface area contributed by atoms with Crippen LogP contribution in [0.3, 0.4) is 0 Å². The highest BCUT2D eigenvalue weighted by Crippen LogP contribution is 2.49. The molecular formula is C17H13ClN2O4. The van der Waals surface area contributed by atoms with Crippen LogP contribution in [0.15, 0.2) is 30.3 Å². The van der Waals surface area contributed by atoms with Crippen LogP contribution in [0.5, 0.6) is 0 Å². The van der Waals surface area contributed by atoms with Crippen LogP contribution in [0.4, 0.5) is 5.69 Å². The van der Waals surface area contributed by atoms with Gasteiger partial charge in [0.25, 0.3) is 5.91 Å². The minimum Gasteiger partial charge on any atom is -0.404 e. The number of rotatable bonds is 2. The molecule has 0 N–H and O–H groups in total. The topological polar surface area (TPSA) is 68.7 Å². The van der Waals surface area contributed by atoms with Crippen molar-refractivity contribution >= 4 is 29.2 Å². The van der Waals surface area contributed by atoms with Crippen LogP contribution in [-0.2, 0) is 15.4 Å². The molecule has 7 heteroatoms. The van der Waals surface area contributed by atoms with Gasteiger partial charge in [-0.1, -0.05) is 17.7 Å². The van der Waals surface area contributed by atoms with Crippen molar-refractivity contribution < 1.29 is 19.1 Å². The van der Waals surface area contributed by atoms with Crippen molar-refractivity contribution in [3.63, 3.8) is 0 Å². The third-order valence-corrected chi connectivity index (χ3v) is 4.38. The number of aromatic nitrogens is 1. The molecule has 0 spiro atoms. The number of ether oxygens (including phenoxy) is 2. The lowest BCUT2D eigenvalue weighted by Crippen LogP contribution is -2.53. The number of hydrogen-bond donors (Lipinski definition) is 0. The van der Waals surface area contributed by atoms with Gasteiger partial charge < -0.3 is 9.47 Å². The number of benzene rings is 1. The van der Waals surface area contributed by atoms with Crippen LogP contribution in [0.25, 0.3) is 0 Å². The summed E-state index contributed by atoms with van der Waals surface area (Å²) >= 11 is 6.14. The number of pyridine rings is 1. The third-order valence-electron chi connectivity index (χ3n) is 4.07. The zero-order valence-electron chi connectivity index (χ0n) is 13.0. The van der Waals surface area contributed by atoms with Crippen LogP contribution < -0.4 is 4.90 Å². The van der Waals surface area contributed by atoms with Gasteiger partial charge in [0.2, 0.25) is 0 Å². The molecule has 0 fully saturated rings. The van der Waals surface area contributed by atoms with E-state index in [2.05, 4.69) is 4.98 Å². The summed E-state index contributed by atoms with van der Waals surface area (Å²) in [5.41, 5.74) is 1.82. The van der Waals surface area contributed by atoms with Crippen molar-refractivity contribution in [1.82, 2.24) is 4.98 Å². The van der Waals surface area contributed by atoms with Gasteiger partial charge in [0.15, 0.2) is 0 Å². The highest BCUT2D eigenvalue weighted by atomic mass is 35.5. The fourth-order valence-electron chi connectivity index (χ4n) is 3.13. The number of anilines is 1. The Balaban J connectivity index is 2.04. The summed E-state index contributed by atoms with van der Waals surface area (Å²) in [7, 11) is 0. The standard InChI is InChI=1S/C17H13ClN2O4/c1-3-23-17-14-10(8-7-9(2)19-14)15(21)20(17)12-6-4-5-11(18)13(12)16(22)24-17/h4-8H,3H2,1-2H3. The average molecular weight is 345 g/mol. The lowest BCUT2D eigenvalue weighted by molar-refractivity contribution is -0.207. The Labute approximate surface area is 142 Å². The van der Waals surface area contributed by atoms with Crippen molar-refractivity contribution in [3.8, 4) is 0 Å². The van der Waals surface area contributed by atoms with Crippen LogP contribution >= 0.6 is 11.6 Å². The lowest BCUT2D eigenvalue weighted by atomic mass is 10.1. The Morgan fingerprint density at radius 1 is 1.29 bits per heavy atom. The second kappa shape index (κ2) is 5.03. The number of nitrogens with zero attached hydrogens (tertiary/aromatic N) is 2. The molecule has 2 aliphatic heterocycles. The number of hydrogen-bond acceptors (Lipinski definition) is 5. The molecular weight excluding hydrogens is 332 g/mol. The molecule has 1 unspecified atom stereocenters. The van der Waals surface area contributed by atoms with E-state index >= 15 is 0 Å².